The van der Waals surface area contributed by atoms with Gasteiger partial charge in [-0.05, 0) is 42.5 Å². The molecule has 114 valence electrons. The van der Waals surface area contributed by atoms with Crippen LogP contribution in [0.1, 0.15) is 24.6 Å². The van der Waals surface area contributed by atoms with Gasteiger partial charge in [0, 0.05) is 37.4 Å². The lowest BCUT2D eigenvalue weighted by atomic mass is 9.84. The summed E-state index contributed by atoms with van der Waals surface area (Å²) in [5.41, 5.74) is 0. The highest BCUT2D eigenvalue weighted by Crippen LogP contribution is 2.42. The topological polar surface area (TPSA) is 49.4 Å². The molecule has 0 spiro atoms. The lowest BCUT2D eigenvalue weighted by molar-refractivity contribution is -0.137. The van der Waals surface area contributed by atoms with Gasteiger partial charge in [0.15, 0.2) is 0 Å². The average molecular weight is 306 g/mol. The zero-order chi connectivity index (χ0) is 14.8. The second kappa shape index (κ2) is 6.18. The number of nitrogens with one attached hydrogen (secondary N) is 1. The average Bonchev–Trinajstić information content (AvgIpc) is 3.05. The molecule has 1 aromatic heterocycles. The normalized spacial score (nSPS) is 27.7. The molecule has 2 aliphatic rings. The molecule has 2 heterocycles. The van der Waals surface area contributed by atoms with Crippen LogP contribution in [0.4, 0.5) is 0 Å². The van der Waals surface area contributed by atoms with E-state index in [-0.39, 0.29) is 17.7 Å². The molecular weight excluding hydrogens is 284 g/mol. The number of hydrogen-bond acceptors (Lipinski definition) is 3. The van der Waals surface area contributed by atoms with Gasteiger partial charge in [-0.1, -0.05) is 6.07 Å². The highest BCUT2D eigenvalue weighted by Gasteiger charge is 2.46. The molecule has 2 fully saturated rings. The summed E-state index contributed by atoms with van der Waals surface area (Å²) in [6, 6.07) is 4.14. The number of rotatable bonds is 4. The molecule has 2 amide bonds. The van der Waals surface area contributed by atoms with Crippen molar-refractivity contribution in [1.82, 2.24) is 10.2 Å². The summed E-state index contributed by atoms with van der Waals surface area (Å²) in [5, 5.41) is 5.16. The SMILES string of the molecule is CC(=O)N1C[C@H]2CC[C@@H](C1)C2C(=O)NCCc1cccs1. The Balaban J connectivity index is 1.52. The fraction of sp³-hybridized carbons (Fsp3) is 0.625. The quantitative estimate of drug-likeness (QED) is 0.924. The third-order valence-electron chi connectivity index (χ3n) is 4.83. The van der Waals surface area contributed by atoms with E-state index in [4.69, 9.17) is 0 Å². The Morgan fingerprint density at radius 1 is 1.33 bits per heavy atom. The first-order chi connectivity index (χ1) is 10.1. The van der Waals surface area contributed by atoms with E-state index >= 15 is 0 Å². The molecule has 1 N–H and O–H groups in total. The third kappa shape index (κ3) is 3.12. The highest BCUT2D eigenvalue weighted by atomic mass is 32.1. The minimum atomic E-state index is 0.115. The number of thiophene rings is 1. The summed E-state index contributed by atoms with van der Waals surface area (Å²) in [6.07, 6.45) is 3.07. The van der Waals surface area contributed by atoms with Crippen molar-refractivity contribution in [2.75, 3.05) is 19.6 Å². The summed E-state index contributed by atoms with van der Waals surface area (Å²) in [4.78, 5) is 27.2. The minimum Gasteiger partial charge on any atom is -0.355 e. The number of fused-ring (bicyclic) bond motifs is 2. The fourth-order valence-electron chi connectivity index (χ4n) is 3.79. The van der Waals surface area contributed by atoms with Crippen molar-refractivity contribution in [3.63, 3.8) is 0 Å². The fourth-order valence-corrected chi connectivity index (χ4v) is 4.50. The summed E-state index contributed by atoms with van der Waals surface area (Å²) in [6.45, 7) is 3.86. The molecule has 1 saturated carbocycles. The molecule has 1 aliphatic carbocycles. The maximum Gasteiger partial charge on any atom is 0.223 e. The lowest BCUT2D eigenvalue weighted by Crippen LogP contribution is -2.49. The predicted octanol–water partition coefficient (Wildman–Crippen LogP) is 1.91. The number of carbonyl (C=O) groups is 2. The van der Waals surface area contributed by atoms with Crippen LogP contribution in [0.5, 0.6) is 0 Å². The van der Waals surface area contributed by atoms with E-state index in [9.17, 15) is 9.59 Å². The van der Waals surface area contributed by atoms with Gasteiger partial charge in [0.2, 0.25) is 11.8 Å². The van der Waals surface area contributed by atoms with Gasteiger partial charge in [-0.25, -0.2) is 0 Å². The van der Waals surface area contributed by atoms with Crippen LogP contribution < -0.4 is 5.32 Å². The van der Waals surface area contributed by atoms with Gasteiger partial charge >= 0.3 is 0 Å². The second-order valence-corrected chi connectivity index (χ2v) is 7.20. The van der Waals surface area contributed by atoms with Crippen molar-refractivity contribution >= 4 is 23.2 Å². The number of amides is 2. The van der Waals surface area contributed by atoms with Crippen LogP contribution >= 0.6 is 11.3 Å². The van der Waals surface area contributed by atoms with Crippen molar-refractivity contribution in [1.29, 1.82) is 0 Å². The van der Waals surface area contributed by atoms with Gasteiger partial charge in [-0.15, -0.1) is 11.3 Å². The van der Waals surface area contributed by atoms with Gasteiger partial charge in [-0.2, -0.15) is 0 Å². The van der Waals surface area contributed by atoms with Crippen LogP contribution in [0.15, 0.2) is 17.5 Å². The summed E-state index contributed by atoms with van der Waals surface area (Å²) in [7, 11) is 0. The van der Waals surface area contributed by atoms with Crippen LogP contribution in [0, 0.1) is 17.8 Å². The van der Waals surface area contributed by atoms with E-state index in [1.165, 1.54) is 4.88 Å². The summed E-state index contributed by atoms with van der Waals surface area (Å²) >= 11 is 1.73. The zero-order valence-corrected chi connectivity index (χ0v) is 13.2. The van der Waals surface area contributed by atoms with E-state index < -0.39 is 0 Å². The van der Waals surface area contributed by atoms with E-state index in [1.54, 1.807) is 18.3 Å². The van der Waals surface area contributed by atoms with Crippen LogP contribution in [0.25, 0.3) is 0 Å². The Labute approximate surface area is 129 Å². The largest absolute Gasteiger partial charge is 0.355 e. The molecule has 1 aromatic rings. The molecule has 0 aromatic carbocycles. The van der Waals surface area contributed by atoms with Crippen LogP contribution in [-0.2, 0) is 16.0 Å². The molecular formula is C16H22N2O2S. The summed E-state index contributed by atoms with van der Waals surface area (Å²) < 4.78 is 0. The number of nitrogens with zero attached hydrogens (tertiary/aromatic N) is 1. The van der Waals surface area contributed by atoms with E-state index in [0.29, 0.717) is 18.4 Å². The first-order valence-corrected chi connectivity index (χ1v) is 8.58. The van der Waals surface area contributed by atoms with Crippen molar-refractivity contribution in [2.24, 2.45) is 17.8 Å². The number of carbonyl (C=O) groups excluding carboxylic acids is 2. The van der Waals surface area contributed by atoms with E-state index in [1.807, 2.05) is 11.0 Å². The molecule has 3 rings (SSSR count). The Kier molecular flexibility index (Phi) is 4.29. The molecule has 1 saturated heterocycles. The van der Waals surface area contributed by atoms with Crippen molar-refractivity contribution in [3.05, 3.63) is 22.4 Å². The molecule has 4 nitrogen and oxygen atoms in total. The van der Waals surface area contributed by atoms with Gasteiger partial charge in [-0.3, -0.25) is 9.59 Å². The van der Waals surface area contributed by atoms with Crippen molar-refractivity contribution < 1.29 is 9.59 Å². The standard InChI is InChI=1S/C16H22N2O2S/c1-11(19)18-9-12-4-5-13(10-18)15(12)16(20)17-7-6-14-3-2-8-21-14/h2-3,8,12-13,15H,4-7,9-10H2,1H3,(H,17,20)/t12-,13+,15?. The second-order valence-electron chi connectivity index (χ2n) is 6.17. The van der Waals surface area contributed by atoms with Crippen LogP contribution in [0.3, 0.4) is 0 Å². The molecule has 1 unspecified atom stereocenters. The van der Waals surface area contributed by atoms with Crippen LogP contribution in [-0.4, -0.2) is 36.3 Å². The molecule has 0 radical (unpaired) electrons. The van der Waals surface area contributed by atoms with Crippen molar-refractivity contribution in [2.45, 2.75) is 26.2 Å². The molecule has 1 aliphatic heterocycles. The molecule has 3 atom stereocenters. The lowest BCUT2D eigenvalue weighted by Gasteiger charge is -2.36. The maximum absolute atomic E-state index is 12.5. The first-order valence-electron chi connectivity index (χ1n) is 7.70. The van der Waals surface area contributed by atoms with Crippen molar-refractivity contribution in [3.8, 4) is 0 Å². The maximum atomic E-state index is 12.5. The van der Waals surface area contributed by atoms with Gasteiger partial charge in [0.25, 0.3) is 0 Å². The van der Waals surface area contributed by atoms with Gasteiger partial charge in [0.05, 0.1) is 0 Å². The van der Waals surface area contributed by atoms with Crippen LogP contribution in [0.2, 0.25) is 0 Å². The number of likely N-dealkylation sites (tertiary alicyclic amines) is 1. The first kappa shape index (κ1) is 14.6. The van der Waals surface area contributed by atoms with Gasteiger partial charge < -0.3 is 10.2 Å². The summed E-state index contributed by atoms with van der Waals surface area (Å²) in [5.74, 6) is 1.17. The minimum absolute atomic E-state index is 0.115. The smallest absolute Gasteiger partial charge is 0.223 e. The van der Waals surface area contributed by atoms with E-state index in [2.05, 4.69) is 16.8 Å². The molecule has 5 heteroatoms. The molecule has 2 bridgehead atoms. The Morgan fingerprint density at radius 2 is 2.05 bits per heavy atom. The third-order valence-corrected chi connectivity index (χ3v) is 5.77. The van der Waals surface area contributed by atoms with E-state index in [0.717, 1.165) is 32.4 Å². The Morgan fingerprint density at radius 3 is 2.62 bits per heavy atom. The highest BCUT2D eigenvalue weighted by molar-refractivity contribution is 7.09. The number of piperidine rings is 1. The molecule has 21 heavy (non-hydrogen) atoms. The monoisotopic (exact) mass is 306 g/mol. The zero-order valence-electron chi connectivity index (χ0n) is 12.4. The Hall–Kier alpha value is -1.36. The van der Waals surface area contributed by atoms with Gasteiger partial charge in [0.1, 0.15) is 0 Å². The predicted molar refractivity (Wildman–Crippen MR) is 83.0 cm³/mol. The Bertz CT molecular complexity index is 500. The number of hydrogen-bond donors (Lipinski definition) is 1.